The van der Waals surface area contributed by atoms with E-state index >= 15 is 0 Å². The predicted octanol–water partition coefficient (Wildman–Crippen LogP) is 2.52. The van der Waals surface area contributed by atoms with Gasteiger partial charge in [-0.1, -0.05) is 0 Å². The average Bonchev–Trinajstić information content (AvgIpc) is 2.41. The Balaban J connectivity index is 2.62. The van der Waals surface area contributed by atoms with Crippen molar-refractivity contribution in [2.75, 3.05) is 0 Å². The topological polar surface area (TPSA) is 30.9 Å². The Labute approximate surface area is 94.9 Å². The lowest BCUT2D eigenvalue weighted by Gasteiger charge is -2.07. The number of fused-ring (bicyclic) bond motifs is 1. The summed E-state index contributed by atoms with van der Waals surface area (Å²) >= 11 is 0. The molecular weight excluding hydrogens is 203 g/mol. The molecule has 0 saturated heterocycles. The third-order valence-electron chi connectivity index (χ3n) is 2.85. The molecule has 2 nitrogen and oxygen atoms in total. The fraction of sp³-hybridized carbons (Fsp3) is 0.385. The Kier molecular flexibility index (Phi) is 2.72. The highest BCUT2D eigenvalue weighted by molar-refractivity contribution is 5.85. The molecule has 16 heavy (non-hydrogen) atoms. The highest BCUT2D eigenvalue weighted by atomic mass is 19.1. The number of hydrogen-bond acceptors (Lipinski definition) is 1. The minimum Gasteiger partial charge on any atom is -0.348 e. The Morgan fingerprint density at radius 2 is 2.12 bits per heavy atom. The van der Waals surface area contributed by atoms with Crippen molar-refractivity contribution in [1.29, 1.82) is 0 Å². The summed E-state index contributed by atoms with van der Waals surface area (Å²) < 4.78 is 15.7. The molecule has 0 spiro atoms. The second kappa shape index (κ2) is 3.91. The van der Waals surface area contributed by atoms with Gasteiger partial charge in [-0.15, -0.1) is 0 Å². The van der Waals surface area contributed by atoms with Crippen LogP contribution in [-0.4, -0.2) is 10.6 Å². The van der Waals surface area contributed by atoms with Crippen molar-refractivity contribution >= 4 is 10.9 Å². The van der Waals surface area contributed by atoms with Crippen LogP contribution in [0.2, 0.25) is 0 Å². The second-order valence-electron chi connectivity index (χ2n) is 4.58. The fourth-order valence-corrected chi connectivity index (χ4v) is 2.23. The normalized spacial score (nSPS) is 13.3. The molecule has 86 valence electrons. The maximum atomic E-state index is 13.9. The van der Waals surface area contributed by atoms with E-state index < -0.39 is 0 Å². The number of nitrogens with two attached hydrogens (primary N) is 1. The summed E-state index contributed by atoms with van der Waals surface area (Å²) in [5.41, 5.74) is 8.47. The highest BCUT2D eigenvalue weighted by Crippen LogP contribution is 2.24. The molecule has 1 unspecified atom stereocenters. The molecule has 2 rings (SSSR count). The zero-order chi connectivity index (χ0) is 11.9. The SMILES string of the molecule is Cc1cn(C)c2c(F)cc(CC(C)N)cc12. The standard InChI is InChI=1S/C13H17FN2/c1-8-7-16(3)13-11(8)5-10(4-9(2)15)6-12(13)14/h5-7,9H,4,15H2,1-3H3. The van der Waals surface area contributed by atoms with Gasteiger partial charge in [-0.2, -0.15) is 0 Å². The van der Waals surface area contributed by atoms with Gasteiger partial charge in [-0.25, -0.2) is 4.39 Å². The van der Waals surface area contributed by atoms with Crippen LogP contribution in [0, 0.1) is 12.7 Å². The van der Waals surface area contributed by atoms with Crippen LogP contribution in [0.15, 0.2) is 18.3 Å². The molecule has 0 aliphatic carbocycles. The molecule has 1 heterocycles. The summed E-state index contributed by atoms with van der Waals surface area (Å²) in [5.74, 6) is -0.163. The van der Waals surface area contributed by atoms with Gasteiger partial charge in [0.25, 0.3) is 0 Å². The lowest BCUT2D eigenvalue weighted by atomic mass is 10.0. The van der Waals surface area contributed by atoms with Crippen LogP contribution in [0.4, 0.5) is 4.39 Å². The minimum atomic E-state index is -0.163. The fourth-order valence-electron chi connectivity index (χ4n) is 2.23. The van der Waals surface area contributed by atoms with Gasteiger partial charge in [0.15, 0.2) is 0 Å². The maximum absolute atomic E-state index is 13.9. The van der Waals surface area contributed by atoms with Crippen LogP contribution in [0.5, 0.6) is 0 Å². The van der Waals surface area contributed by atoms with Gasteiger partial charge in [0.1, 0.15) is 5.82 Å². The summed E-state index contributed by atoms with van der Waals surface area (Å²) in [4.78, 5) is 0. The van der Waals surface area contributed by atoms with E-state index in [0.29, 0.717) is 11.9 Å². The van der Waals surface area contributed by atoms with E-state index in [0.717, 1.165) is 16.5 Å². The van der Waals surface area contributed by atoms with E-state index in [1.807, 2.05) is 37.7 Å². The predicted molar refractivity (Wildman–Crippen MR) is 65.0 cm³/mol. The van der Waals surface area contributed by atoms with E-state index in [-0.39, 0.29) is 11.9 Å². The molecule has 0 saturated carbocycles. The minimum absolute atomic E-state index is 0.0564. The molecule has 1 aromatic heterocycles. The summed E-state index contributed by atoms with van der Waals surface area (Å²) in [7, 11) is 1.86. The Morgan fingerprint density at radius 3 is 2.75 bits per heavy atom. The quantitative estimate of drug-likeness (QED) is 0.828. The van der Waals surface area contributed by atoms with Crippen LogP contribution in [0.1, 0.15) is 18.1 Å². The van der Waals surface area contributed by atoms with E-state index in [4.69, 9.17) is 5.73 Å². The molecule has 0 aliphatic heterocycles. The van der Waals surface area contributed by atoms with Gasteiger partial charge >= 0.3 is 0 Å². The number of aromatic nitrogens is 1. The van der Waals surface area contributed by atoms with Crippen molar-refractivity contribution in [2.45, 2.75) is 26.3 Å². The number of rotatable bonds is 2. The number of hydrogen-bond donors (Lipinski definition) is 1. The van der Waals surface area contributed by atoms with Gasteiger partial charge in [0.05, 0.1) is 5.52 Å². The Hall–Kier alpha value is -1.35. The van der Waals surface area contributed by atoms with Gasteiger partial charge in [0, 0.05) is 24.7 Å². The lowest BCUT2D eigenvalue weighted by Crippen LogP contribution is -2.17. The van der Waals surface area contributed by atoms with E-state index in [2.05, 4.69) is 0 Å². The van der Waals surface area contributed by atoms with E-state index in [9.17, 15) is 4.39 Å². The maximum Gasteiger partial charge on any atom is 0.147 e. The molecule has 2 N–H and O–H groups in total. The van der Waals surface area contributed by atoms with Crippen LogP contribution in [0.25, 0.3) is 10.9 Å². The summed E-state index contributed by atoms with van der Waals surface area (Å²) in [6.07, 6.45) is 2.66. The van der Waals surface area contributed by atoms with Crippen LogP contribution >= 0.6 is 0 Å². The molecular formula is C13H17FN2. The molecule has 0 aliphatic rings. The van der Waals surface area contributed by atoms with E-state index in [1.165, 1.54) is 0 Å². The van der Waals surface area contributed by atoms with E-state index in [1.54, 1.807) is 6.07 Å². The van der Waals surface area contributed by atoms with Crippen molar-refractivity contribution in [2.24, 2.45) is 12.8 Å². The van der Waals surface area contributed by atoms with Crippen LogP contribution in [0.3, 0.4) is 0 Å². The smallest absolute Gasteiger partial charge is 0.147 e. The van der Waals surface area contributed by atoms with Gasteiger partial charge < -0.3 is 10.3 Å². The number of nitrogens with zero attached hydrogens (tertiary/aromatic N) is 1. The summed E-state index contributed by atoms with van der Waals surface area (Å²) in [6, 6.07) is 3.68. The molecule has 0 radical (unpaired) electrons. The Bertz CT molecular complexity index is 526. The monoisotopic (exact) mass is 220 g/mol. The first-order valence-corrected chi connectivity index (χ1v) is 5.48. The zero-order valence-electron chi connectivity index (χ0n) is 9.92. The van der Waals surface area contributed by atoms with Crippen molar-refractivity contribution in [3.05, 3.63) is 35.3 Å². The van der Waals surface area contributed by atoms with Crippen molar-refractivity contribution in [1.82, 2.24) is 4.57 Å². The first-order valence-electron chi connectivity index (χ1n) is 5.48. The molecule has 0 amide bonds. The first-order chi connectivity index (χ1) is 7.49. The third kappa shape index (κ3) is 1.83. The van der Waals surface area contributed by atoms with Gasteiger partial charge in [-0.05, 0) is 43.5 Å². The number of benzene rings is 1. The summed E-state index contributed by atoms with van der Waals surface area (Å²) in [6.45, 7) is 3.93. The average molecular weight is 220 g/mol. The molecule has 1 atom stereocenters. The molecule has 1 aromatic carbocycles. The number of aryl methyl sites for hydroxylation is 2. The molecule has 2 aromatic rings. The van der Waals surface area contributed by atoms with Crippen molar-refractivity contribution < 1.29 is 4.39 Å². The van der Waals surface area contributed by atoms with Crippen LogP contribution in [-0.2, 0) is 13.5 Å². The van der Waals surface area contributed by atoms with Crippen molar-refractivity contribution in [3.8, 4) is 0 Å². The molecule has 0 fully saturated rings. The Morgan fingerprint density at radius 1 is 1.44 bits per heavy atom. The number of halogens is 1. The van der Waals surface area contributed by atoms with Gasteiger partial charge in [-0.3, -0.25) is 0 Å². The molecule has 3 heteroatoms. The molecule has 0 bridgehead atoms. The summed E-state index contributed by atoms with van der Waals surface area (Å²) in [5, 5.41) is 0.984. The van der Waals surface area contributed by atoms with Gasteiger partial charge in [0.2, 0.25) is 0 Å². The largest absolute Gasteiger partial charge is 0.348 e. The first kappa shape index (κ1) is 11.1. The second-order valence-corrected chi connectivity index (χ2v) is 4.58. The zero-order valence-corrected chi connectivity index (χ0v) is 9.92. The lowest BCUT2D eigenvalue weighted by molar-refractivity contribution is 0.627. The highest BCUT2D eigenvalue weighted by Gasteiger charge is 2.10. The van der Waals surface area contributed by atoms with Crippen LogP contribution < -0.4 is 5.73 Å². The van der Waals surface area contributed by atoms with Crippen molar-refractivity contribution in [3.63, 3.8) is 0 Å². The third-order valence-corrected chi connectivity index (χ3v) is 2.85.